The second-order valence-electron chi connectivity index (χ2n) is 4.51. The smallest absolute Gasteiger partial charge is 0.230 e. The zero-order valence-corrected chi connectivity index (χ0v) is 11.3. The summed E-state index contributed by atoms with van der Waals surface area (Å²) in [5.41, 5.74) is 8.74. The van der Waals surface area contributed by atoms with Crippen molar-refractivity contribution in [3.63, 3.8) is 0 Å². The molecular weight excluding hydrogens is 271 g/mol. The van der Waals surface area contributed by atoms with Gasteiger partial charge in [0.15, 0.2) is 0 Å². The number of nitrogen functional groups attached to an aromatic ring is 1. The summed E-state index contributed by atoms with van der Waals surface area (Å²) in [6.07, 6.45) is 0. The van der Waals surface area contributed by atoms with E-state index in [1.807, 2.05) is 24.3 Å². The van der Waals surface area contributed by atoms with E-state index in [2.05, 4.69) is 5.16 Å². The summed E-state index contributed by atoms with van der Waals surface area (Å²) in [5, 5.41) is 3.98. The maximum absolute atomic E-state index is 13.0. The molecule has 21 heavy (non-hydrogen) atoms. The zero-order valence-electron chi connectivity index (χ0n) is 11.3. The molecule has 4 nitrogen and oxygen atoms in total. The van der Waals surface area contributed by atoms with Gasteiger partial charge >= 0.3 is 0 Å². The lowest BCUT2D eigenvalue weighted by Crippen LogP contribution is -1.89. The molecule has 0 aliphatic heterocycles. The van der Waals surface area contributed by atoms with Crippen molar-refractivity contribution in [2.24, 2.45) is 0 Å². The van der Waals surface area contributed by atoms with Crippen molar-refractivity contribution >= 4 is 5.88 Å². The van der Waals surface area contributed by atoms with Crippen LogP contribution in [0, 0.1) is 5.82 Å². The van der Waals surface area contributed by atoms with Gasteiger partial charge in [-0.25, -0.2) is 4.39 Å². The van der Waals surface area contributed by atoms with E-state index < -0.39 is 0 Å². The van der Waals surface area contributed by atoms with Gasteiger partial charge in [-0.1, -0.05) is 17.3 Å². The molecule has 0 amide bonds. The molecule has 0 bridgehead atoms. The predicted molar refractivity (Wildman–Crippen MR) is 78.3 cm³/mol. The molecule has 1 aromatic heterocycles. The van der Waals surface area contributed by atoms with Crippen molar-refractivity contribution in [2.75, 3.05) is 12.8 Å². The van der Waals surface area contributed by atoms with Crippen molar-refractivity contribution in [2.45, 2.75) is 0 Å². The summed E-state index contributed by atoms with van der Waals surface area (Å²) in [6, 6.07) is 13.4. The Kier molecular flexibility index (Phi) is 3.31. The van der Waals surface area contributed by atoms with E-state index >= 15 is 0 Å². The highest BCUT2D eigenvalue weighted by atomic mass is 19.1. The largest absolute Gasteiger partial charge is 0.497 e. The normalized spacial score (nSPS) is 10.6. The molecule has 106 valence electrons. The van der Waals surface area contributed by atoms with Crippen LogP contribution < -0.4 is 10.5 Å². The first-order valence-electron chi connectivity index (χ1n) is 6.34. The fraction of sp³-hybridized carbons (Fsp3) is 0.0625. The predicted octanol–water partition coefficient (Wildman–Crippen LogP) is 3.74. The molecule has 3 rings (SSSR count). The van der Waals surface area contributed by atoms with E-state index in [0.29, 0.717) is 11.3 Å². The monoisotopic (exact) mass is 284 g/mol. The molecule has 3 aromatic rings. The van der Waals surface area contributed by atoms with Crippen molar-refractivity contribution in [3.05, 3.63) is 54.3 Å². The molecule has 0 atom stereocenters. The maximum Gasteiger partial charge on any atom is 0.230 e. The molecule has 0 saturated heterocycles. The van der Waals surface area contributed by atoms with Crippen LogP contribution in [0.25, 0.3) is 22.4 Å². The van der Waals surface area contributed by atoms with Gasteiger partial charge < -0.3 is 15.0 Å². The van der Waals surface area contributed by atoms with E-state index in [4.69, 9.17) is 15.0 Å². The summed E-state index contributed by atoms with van der Waals surface area (Å²) >= 11 is 0. The number of methoxy groups -OCH3 is 1. The maximum atomic E-state index is 13.0. The van der Waals surface area contributed by atoms with Gasteiger partial charge in [0.25, 0.3) is 0 Å². The number of ether oxygens (including phenoxy) is 1. The standard InChI is InChI=1S/C16H13FN2O2/c1-20-13-8-4-10(5-9-13)14-15(19-21-16(14)18)11-2-6-12(17)7-3-11/h2-9H,18H2,1H3. The lowest BCUT2D eigenvalue weighted by molar-refractivity contribution is 0.415. The molecule has 0 aliphatic rings. The van der Waals surface area contributed by atoms with Gasteiger partial charge in [0.1, 0.15) is 17.3 Å². The number of nitrogens with two attached hydrogens (primary N) is 1. The first-order chi connectivity index (χ1) is 10.2. The molecule has 0 aliphatic carbocycles. The van der Waals surface area contributed by atoms with Gasteiger partial charge in [-0.2, -0.15) is 0 Å². The van der Waals surface area contributed by atoms with Gasteiger partial charge in [0, 0.05) is 5.56 Å². The Hall–Kier alpha value is -2.82. The third-order valence-corrected chi connectivity index (χ3v) is 3.21. The highest BCUT2D eigenvalue weighted by molar-refractivity contribution is 5.86. The van der Waals surface area contributed by atoms with E-state index in [1.54, 1.807) is 19.2 Å². The van der Waals surface area contributed by atoms with Gasteiger partial charge in [-0.05, 0) is 42.0 Å². The summed E-state index contributed by atoms with van der Waals surface area (Å²) in [5.74, 6) is 0.665. The van der Waals surface area contributed by atoms with Crippen molar-refractivity contribution in [1.82, 2.24) is 5.16 Å². The third kappa shape index (κ3) is 2.45. The first-order valence-corrected chi connectivity index (χ1v) is 6.34. The lowest BCUT2D eigenvalue weighted by atomic mass is 10.0. The summed E-state index contributed by atoms with van der Waals surface area (Å²) in [7, 11) is 1.60. The Balaban J connectivity index is 2.09. The number of hydrogen-bond acceptors (Lipinski definition) is 4. The third-order valence-electron chi connectivity index (χ3n) is 3.21. The fourth-order valence-electron chi connectivity index (χ4n) is 2.14. The fourth-order valence-corrected chi connectivity index (χ4v) is 2.14. The Morgan fingerprint density at radius 3 is 2.24 bits per heavy atom. The Labute approximate surface area is 120 Å². The first kappa shape index (κ1) is 13.2. The molecule has 0 radical (unpaired) electrons. The second-order valence-corrected chi connectivity index (χ2v) is 4.51. The van der Waals surface area contributed by atoms with Crippen molar-refractivity contribution < 1.29 is 13.7 Å². The molecule has 5 heteroatoms. The number of rotatable bonds is 3. The van der Waals surface area contributed by atoms with E-state index in [0.717, 1.165) is 16.9 Å². The average Bonchev–Trinajstić information content (AvgIpc) is 2.90. The SMILES string of the molecule is COc1ccc(-c2c(-c3ccc(F)cc3)noc2N)cc1. The minimum atomic E-state index is -0.304. The second kappa shape index (κ2) is 5.28. The lowest BCUT2D eigenvalue weighted by Gasteiger charge is -2.04. The van der Waals surface area contributed by atoms with Crippen LogP contribution >= 0.6 is 0 Å². The van der Waals surface area contributed by atoms with E-state index in [9.17, 15) is 4.39 Å². The molecule has 0 saturated carbocycles. The Morgan fingerprint density at radius 1 is 1.00 bits per heavy atom. The average molecular weight is 284 g/mol. The molecule has 2 aromatic carbocycles. The number of benzene rings is 2. The van der Waals surface area contributed by atoms with Crippen LogP contribution in [0.2, 0.25) is 0 Å². The van der Waals surface area contributed by atoms with Crippen molar-refractivity contribution in [1.29, 1.82) is 0 Å². The highest BCUT2D eigenvalue weighted by Gasteiger charge is 2.17. The van der Waals surface area contributed by atoms with Gasteiger partial charge in [0.2, 0.25) is 5.88 Å². The van der Waals surface area contributed by atoms with Crippen LogP contribution in [0.3, 0.4) is 0 Å². The van der Waals surface area contributed by atoms with Crippen LogP contribution in [-0.4, -0.2) is 12.3 Å². The van der Waals surface area contributed by atoms with E-state index in [-0.39, 0.29) is 11.7 Å². The Bertz CT molecular complexity index is 749. The topological polar surface area (TPSA) is 61.3 Å². The molecule has 1 heterocycles. The van der Waals surface area contributed by atoms with Crippen LogP contribution in [0.15, 0.2) is 53.1 Å². The quantitative estimate of drug-likeness (QED) is 0.796. The number of nitrogens with zero attached hydrogens (tertiary/aromatic N) is 1. The molecule has 0 spiro atoms. The number of aromatic nitrogens is 1. The highest BCUT2D eigenvalue weighted by Crippen LogP contribution is 2.36. The minimum absolute atomic E-state index is 0.222. The van der Waals surface area contributed by atoms with Crippen LogP contribution in [0.1, 0.15) is 0 Å². The molecular formula is C16H13FN2O2. The van der Waals surface area contributed by atoms with Crippen LogP contribution in [0.5, 0.6) is 5.75 Å². The molecule has 0 unspecified atom stereocenters. The summed E-state index contributed by atoms with van der Waals surface area (Å²) < 4.78 is 23.3. The summed E-state index contributed by atoms with van der Waals surface area (Å²) in [4.78, 5) is 0. The molecule has 0 fully saturated rings. The zero-order chi connectivity index (χ0) is 14.8. The van der Waals surface area contributed by atoms with Crippen LogP contribution in [-0.2, 0) is 0 Å². The molecule has 2 N–H and O–H groups in total. The van der Waals surface area contributed by atoms with Crippen molar-refractivity contribution in [3.8, 4) is 28.1 Å². The van der Waals surface area contributed by atoms with Gasteiger partial charge in [0.05, 0.1) is 12.7 Å². The summed E-state index contributed by atoms with van der Waals surface area (Å²) in [6.45, 7) is 0. The number of halogens is 1. The van der Waals surface area contributed by atoms with Crippen LogP contribution in [0.4, 0.5) is 10.3 Å². The number of anilines is 1. The van der Waals surface area contributed by atoms with Gasteiger partial charge in [-0.15, -0.1) is 0 Å². The minimum Gasteiger partial charge on any atom is -0.497 e. The number of hydrogen-bond donors (Lipinski definition) is 1. The Morgan fingerprint density at radius 2 is 1.62 bits per heavy atom. The van der Waals surface area contributed by atoms with Gasteiger partial charge in [-0.3, -0.25) is 0 Å². The van der Waals surface area contributed by atoms with E-state index in [1.165, 1.54) is 12.1 Å².